The average molecular weight is 490 g/mol. The molecule has 1 aliphatic rings. The van der Waals surface area contributed by atoms with E-state index in [1.165, 1.54) is 0 Å². The van der Waals surface area contributed by atoms with E-state index in [1.54, 1.807) is 7.05 Å². The van der Waals surface area contributed by atoms with E-state index in [4.69, 9.17) is 0 Å². The molecular formula is C19H31IN4OS. The Morgan fingerprint density at radius 1 is 1.35 bits per heavy atom. The lowest BCUT2D eigenvalue weighted by atomic mass is 10.1. The van der Waals surface area contributed by atoms with Gasteiger partial charge in [-0.3, -0.25) is 14.1 Å². The third kappa shape index (κ3) is 8.64. The molecule has 0 aliphatic carbocycles. The van der Waals surface area contributed by atoms with E-state index in [9.17, 15) is 4.21 Å². The lowest BCUT2D eigenvalue weighted by molar-refractivity contribution is 0.225. The van der Waals surface area contributed by atoms with Crippen LogP contribution in [0.2, 0.25) is 0 Å². The van der Waals surface area contributed by atoms with Crippen molar-refractivity contribution >= 4 is 40.7 Å². The molecule has 1 aromatic carbocycles. The summed E-state index contributed by atoms with van der Waals surface area (Å²) in [7, 11) is 0.916. The van der Waals surface area contributed by atoms with Gasteiger partial charge in [0, 0.05) is 61.6 Å². The summed E-state index contributed by atoms with van der Waals surface area (Å²) in [5.74, 6) is 2.03. The summed E-state index contributed by atoms with van der Waals surface area (Å²) < 4.78 is 12.2. The fourth-order valence-corrected chi connectivity index (χ4v) is 3.98. The first-order valence-electron chi connectivity index (χ1n) is 8.90. The Hall–Kier alpha value is -0.930. The summed E-state index contributed by atoms with van der Waals surface area (Å²) in [4.78, 5) is 6.69. The fraction of sp³-hybridized carbons (Fsp3) is 0.526. The normalized spacial score (nSPS) is 17.2. The Balaban J connectivity index is 0.00000338. The third-order valence-corrected chi connectivity index (χ3v) is 5.65. The first-order chi connectivity index (χ1) is 12.2. The van der Waals surface area contributed by atoms with Crippen molar-refractivity contribution in [2.75, 3.05) is 39.0 Å². The zero-order chi connectivity index (χ0) is 17.9. The van der Waals surface area contributed by atoms with Crippen molar-refractivity contribution in [1.29, 1.82) is 0 Å². The van der Waals surface area contributed by atoms with E-state index in [2.05, 4.69) is 27.1 Å². The van der Waals surface area contributed by atoms with Gasteiger partial charge in [-0.25, -0.2) is 0 Å². The van der Waals surface area contributed by atoms with Crippen LogP contribution < -0.4 is 10.6 Å². The molecule has 1 fully saturated rings. The molecule has 1 unspecified atom stereocenters. The van der Waals surface area contributed by atoms with Crippen molar-refractivity contribution in [3.05, 3.63) is 48.6 Å². The summed E-state index contributed by atoms with van der Waals surface area (Å²) in [6.45, 7) is 7.59. The van der Waals surface area contributed by atoms with Crippen molar-refractivity contribution < 1.29 is 4.21 Å². The maximum Gasteiger partial charge on any atom is 0.191 e. The maximum atomic E-state index is 12.2. The lowest BCUT2D eigenvalue weighted by Crippen LogP contribution is -2.49. The number of piperidine rings is 1. The quantitative estimate of drug-likeness (QED) is 0.254. The monoisotopic (exact) mass is 490 g/mol. The third-order valence-electron chi connectivity index (χ3n) is 4.33. The van der Waals surface area contributed by atoms with Gasteiger partial charge in [-0.1, -0.05) is 36.4 Å². The molecule has 26 heavy (non-hydrogen) atoms. The van der Waals surface area contributed by atoms with Gasteiger partial charge in [0.2, 0.25) is 0 Å². The molecule has 0 saturated carbocycles. The van der Waals surface area contributed by atoms with E-state index < -0.39 is 10.8 Å². The van der Waals surface area contributed by atoms with Gasteiger partial charge in [-0.2, -0.15) is 0 Å². The molecule has 5 nitrogen and oxygen atoms in total. The summed E-state index contributed by atoms with van der Waals surface area (Å²) in [6, 6.07) is 10.4. The van der Waals surface area contributed by atoms with Crippen molar-refractivity contribution in [3.63, 3.8) is 0 Å². The number of nitrogens with zero attached hydrogens (tertiary/aromatic N) is 2. The van der Waals surface area contributed by atoms with Gasteiger partial charge in [0.25, 0.3) is 0 Å². The Kier molecular flexibility index (Phi) is 11.8. The predicted molar refractivity (Wildman–Crippen MR) is 123 cm³/mol. The van der Waals surface area contributed by atoms with Crippen molar-refractivity contribution in [1.82, 2.24) is 15.5 Å². The number of hydrogen-bond acceptors (Lipinski definition) is 3. The average Bonchev–Trinajstić information content (AvgIpc) is 2.63. The molecule has 0 spiro atoms. The summed E-state index contributed by atoms with van der Waals surface area (Å²) >= 11 is 0. The second-order valence-corrected chi connectivity index (χ2v) is 7.86. The van der Waals surface area contributed by atoms with E-state index in [-0.39, 0.29) is 24.0 Å². The first kappa shape index (κ1) is 23.1. The maximum absolute atomic E-state index is 12.2. The van der Waals surface area contributed by atoms with Gasteiger partial charge in [-0.15, -0.1) is 30.6 Å². The standard InChI is InChI=1S/C19H30N4OS.HI/c1-3-12-23-13-9-18(10-14-23)22-19(20-2)21-11-15-25(24)16-17-7-5-4-6-8-17;/h3-8,18H,1,9-16H2,2H3,(H2,20,21,22);1H. The second-order valence-electron chi connectivity index (χ2n) is 6.28. The molecule has 1 saturated heterocycles. The summed E-state index contributed by atoms with van der Waals surface area (Å²) in [6.07, 6.45) is 4.17. The van der Waals surface area contributed by atoms with Crippen LogP contribution in [0.25, 0.3) is 0 Å². The molecule has 146 valence electrons. The van der Waals surface area contributed by atoms with E-state index in [0.717, 1.165) is 44.0 Å². The minimum absolute atomic E-state index is 0. The van der Waals surface area contributed by atoms with Crippen molar-refractivity contribution in [2.24, 2.45) is 4.99 Å². The topological polar surface area (TPSA) is 56.7 Å². The molecule has 0 aromatic heterocycles. The molecule has 0 bridgehead atoms. The zero-order valence-electron chi connectivity index (χ0n) is 15.5. The molecule has 0 amide bonds. The Labute approximate surface area is 177 Å². The van der Waals surface area contributed by atoms with E-state index in [1.807, 2.05) is 36.4 Å². The Morgan fingerprint density at radius 2 is 2.04 bits per heavy atom. The van der Waals surface area contributed by atoms with Crippen LogP contribution in [0.15, 0.2) is 48.0 Å². The van der Waals surface area contributed by atoms with Crippen LogP contribution in [0.3, 0.4) is 0 Å². The molecule has 1 atom stereocenters. The van der Waals surface area contributed by atoms with Crippen LogP contribution in [0, 0.1) is 0 Å². The van der Waals surface area contributed by atoms with Crippen molar-refractivity contribution in [2.45, 2.75) is 24.6 Å². The largest absolute Gasteiger partial charge is 0.355 e. The summed E-state index contributed by atoms with van der Waals surface area (Å²) in [5, 5.41) is 6.76. The second kappa shape index (κ2) is 13.3. The Morgan fingerprint density at radius 3 is 2.65 bits per heavy atom. The molecule has 2 N–H and O–H groups in total. The molecular weight excluding hydrogens is 459 g/mol. The number of likely N-dealkylation sites (tertiary alicyclic amines) is 1. The zero-order valence-corrected chi connectivity index (χ0v) is 18.7. The van der Waals surface area contributed by atoms with Gasteiger partial charge in [0.1, 0.15) is 0 Å². The minimum Gasteiger partial charge on any atom is -0.355 e. The number of halogens is 1. The summed E-state index contributed by atoms with van der Waals surface area (Å²) in [5.41, 5.74) is 1.12. The van der Waals surface area contributed by atoms with Crippen LogP contribution >= 0.6 is 24.0 Å². The van der Waals surface area contributed by atoms with E-state index >= 15 is 0 Å². The minimum atomic E-state index is -0.865. The molecule has 1 aliphatic heterocycles. The van der Waals surface area contributed by atoms with Crippen LogP contribution in [-0.2, 0) is 16.6 Å². The number of benzene rings is 1. The van der Waals surface area contributed by atoms with Crippen molar-refractivity contribution in [3.8, 4) is 0 Å². The van der Waals surface area contributed by atoms with Gasteiger partial charge < -0.3 is 10.6 Å². The predicted octanol–water partition coefficient (Wildman–Crippen LogP) is 2.37. The first-order valence-corrected chi connectivity index (χ1v) is 10.4. The number of rotatable bonds is 8. The molecule has 1 heterocycles. The molecule has 7 heteroatoms. The fourth-order valence-electron chi connectivity index (χ4n) is 2.95. The number of nitrogens with one attached hydrogen (secondary N) is 2. The number of hydrogen-bond donors (Lipinski definition) is 2. The van der Waals surface area contributed by atoms with Gasteiger partial charge >= 0.3 is 0 Å². The van der Waals surface area contributed by atoms with Gasteiger partial charge in [0.15, 0.2) is 5.96 Å². The van der Waals surface area contributed by atoms with Crippen LogP contribution in [0.4, 0.5) is 0 Å². The highest BCUT2D eigenvalue weighted by Gasteiger charge is 2.18. The van der Waals surface area contributed by atoms with E-state index in [0.29, 0.717) is 24.1 Å². The highest BCUT2D eigenvalue weighted by molar-refractivity contribution is 14.0. The smallest absolute Gasteiger partial charge is 0.191 e. The molecule has 1 aromatic rings. The van der Waals surface area contributed by atoms with Gasteiger partial charge in [-0.05, 0) is 18.4 Å². The highest BCUT2D eigenvalue weighted by atomic mass is 127. The number of aliphatic imine (C=N–C) groups is 1. The van der Waals surface area contributed by atoms with Crippen LogP contribution in [0.5, 0.6) is 0 Å². The van der Waals surface area contributed by atoms with Crippen LogP contribution in [0.1, 0.15) is 18.4 Å². The highest BCUT2D eigenvalue weighted by Crippen LogP contribution is 2.09. The Bertz CT molecular complexity index is 574. The SMILES string of the molecule is C=CCN1CCC(NC(=NC)NCCS(=O)Cc2ccccc2)CC1.I. The molecule has 0 radical (unpaired) electrons. The van der Waals surface area contributed by atoms with Crippen LogP contribution in [-0.4, -0.2) is 60.1 Å². The molecule has 2 rings (SSSR count). The lowest BCUT2D eigenvalue weighted by Gasteiger charge is -2.32. The number of guanidine groups is 1. The van der Waals surface area contributed by atoms with Gasteiger partial charge in [0.05, 0.1) is 0 Å².